The van der Waals surface area contributed by atoms with Crippen molar-refractivity contribution < 1.29 is 53.0 Å². The first-order chi connectivity index (χ1) is 23.3. The van der Waals surface area contributed by atoms with Crippen LogP contribution in [0.25, 0.3) is 32.3 Å². The highest BCUT2D eigenvalue weighted by molar-refractivity contribution is 6.13. The molecule has 0 unspecified atom stereocenters. The molecule has 1 saturated heterocycles. The van der Waals surface area contributed by atoms with Crippen LogP contribution in [0.2, 0.25) is 0 Å². The highest BCUT2D eigenvalue weighted by Gasteiger charge is 2.46. The zero-order chi connectivity index (χ0) is 33.5. The second-order valence-electron chi connectivity index (χ2n) is 11.3. The lowest BCUT2D eigenvalue weighted by atomic mass is 9.82. The number of aliphatic hydroxyl groups is 2. The van der Waals surface area contributed by atoms with Crippen molar-refractivity contribution in [2.24, 2.45) is 5.11 Å². The molecule has 48 heavy (non-hydrogen) atoms. The number of rotatable bonds is 8. The van der Waals surface area contributed by atoms with Crippen LogP contribution in [0.1, 0.15) is 43.5 Å². The molecule has 1 fully saturated rings. The van der Waals surface area contributed by atoms with Gasteiger partial charge < -0.3 is 43.4 Å². The first-order valence-corrected chi connectivity index (χ1v) is 14.9. The van der Waals surface area contributed by atoms with E-state index in [1.165, 1.54) is 20.3 Å². The first kappa shape index (κ1) is 31.1. The van der Waals surface area contributed by atoms with Crippen molar-refractivity contribution in [2.75, 3.05) is 27.6 Å². The number of hydrogen-bond acceptors (Lipinski definition) is 12. The predicted molar refractivity (Wildman–Crippen MR) is 167 cm³/mol. The van der Waals surface area contributed by atoms with Gasteiger partial charge in [-0.3, -0.25) is 0 Å². The Kier molecular flexibility index (Phi) is 8.15. The number of nitrogens with zero attached hydrogens (tertiary/aromatic N) is 3. The Labute approximate surface area is 272 Å². The van der Waals surface area contributed by atoms with Crippen molar-refractivity contribution in [1.29, 1.82) is 0 Å². The minimum absolute atomic E-state index is 0.0625. The van der Waals surface area contributed by atoms with Crippen molar-refractivity contribution in [2.45, 2.75) is 37.6 Å². The van der Waals surface area contributed by atoms with Crippen LogP contribution in [-0.4, -0.2) is 68.1 Å². The molecular formula is C34H29N3O11. The van der Waals surface area contributed by atoms with E-state index in [0.29, 0.717) is 61.6 Å². The van der Waals surface area contributed by atoms with Gasteiger partial charge in [0.2, 0.25) is 6.79 Å². The fourth-order valence-electron chi connectivity index (χ4n) is 6.48. The molecule has 14 heteroatoms. The Morgan fingerprint density at radius 2 is 1.73 bits per heavy atom. The van der Waals surface area contributed by atoms with Crippen LogP contribution < -0.4 is 18.9 Å². The van der Waals surface area contributed by atoms with E-state index in [1.54, 1.807) is 48.5 Å². The Balaban J connectivity index is 1.44. The van der Waals surface area contributed by atoms with Crippen molar-refractivity contribution >= 4 is 22.7 Å². The average Bonchev–Trinajstić information content (AvgIpc) is 3.74. The number of ether oxygens (including phenoxy) is 7. The summed E-state index contributed by atoms with van der Waals surface area (Å²) in [7, 11) is 2.97. The number of carbonyl (C=O) groups is 2. The van der Waals surface area contributed by atoms with Crippen LogP contribution >= 0.6 is 0 Å². The molecule has 7 rings (SSSR count). The summed E-state index contributed by atoms with van der Waals surface area (Å²) >= 11 is 0. The van der Waals surface area contributed by atoms with Gasteiger partial charge in [-0.2, -0.15) is 0 Å². The molecule has 0 radical (unpaired) electrons. The highest BCUT2D eigenvalue weighted by atomic mass is 16.7. The molecule has 4 aromatic rings. The smallest absolute Gasteiger partial charge is 0.339 e. The Hall–Kier alpha value is -5.53. The zero-order valence-electron chi connectivity index (χ0n) is 25.7. The van der Waals surface area contributed by atoms with Crippen LogP contribution in [0.5, 0.6) is 23.0 Å². The number of cyclic esters (lactones) is 1. The van der Waals surface area contributed by atoms with Crippen molar-refractivity contribution in [1.82, 2.24) is 0 Å². The maximum absolute atomic E-state index is 13.6. The molecule has 3 aliphatic rings. The average molecular weight is 656 g/mol. The van der Waals surface area contributed by atoms with E-state index in [9.17, 15) is 19.8 Å². The molecule has 0 saturated carbocycles. The number of benzene rings is 4. The minimum Gasteiger partial charge on any atom is -0.493 e. The molecule has 2 N–H and O–H groups in total. The Morgan fingerprint density at radius 3 is 2.50 bits per heavy atom. The molecular weight excluding hydrogens is 626 g/mol. The van der Waals surface area contributed by atoms with Crippen molar-refractivity contribution in [3.8, 4) is 34.1 Å². The summed E-state index contributed by atoms with van der Waals surface area (Å²) in [6.07, 6.45) is -5.58. The first-order valence-electron chi connectivity index (χ1n) is 14.9. The third-order valence-corrected chi connectivity index (χ3v) is 8.72. The van der Waals surface area contributed by atoms with Gasteiger partial charge in [0, 0.05) is 21.6 Å². The fraction of sp³-hybridized carbons (Fsp3) is 0.294. The van der Waals surface area contributed by atoms with E-state index >= 15 is 0 Å². The molecule has 0 aliphatic carbocycles. The van der Waals surface area contributed by atoms with Gasteiger partial charge in [-0.05, 0) is 57.8 Å². The molecule has 0 amide bonds. The zero-order valence-corrected chi connectivity index (χ0v) is 25.7. The summed E-state index contributed by atoms with van der Waals surface area (Å²) in [4.78, 5) is 30.0. The lowest BCUT2D eigenvalue weighted by molar-refractivity contribution is -0.190. The number of methoxy groups -OCH3 is 2. The molecule has 4 aromatic carbocycles. The molecule has 0 bridgehead atoms. The molecule has 14 nitrogen and oxygen atoms in total. The summed E-state index contributed by atoms with van der Waals surface area (Å²) in [5, 5.41) is 26.6. The molecule has 3 heterocycles. The number of esters is 2. The second-order valence-corrected chi connectivity index (χ2v) is 11.3. The molecule has 0 aromatic heterocycles. The summed E-state index contributed by atoms with van der Waals surface area (Å²) in [5.74, 6) is 0.383. The SMILES string of the molecule is COc1cc2c(-c3ccc4c(c3)OCO4)c3c(c([C@@H]4OC[C@H](O)[C@H](O)[C@H]4OC(=O)c4ccccc4CN=[N+]=[N-])c2cc1OC)COC3=O. The second kappa shape index (κ2) is 12.6. The predicted octanol–water partition coefficient (Wildman–Crippen LogP) is 4.75. The number of fused-ring (bicyclic) bond motifs is 3. The quantitative estimate of drug-likeness (QED) is 0.115. The molecule has 3 aliphatic heterocycles. The van der Waals surface area contributed by atoms with Crippen molar-refractivity contribution in [3.63, 3.8) is 0 Å². The summed E-state index contributed by atoms with van der Waals surface area (Å²) in [5.41, 5.74) is 11.6. The fourth-order valence-corrected chi connectivity index (χ4v) is 6.48. The topological polar surface area (TPSA) is 188 Å². The third kappa shape index (κ3) is 5.17. The Morgan fingerprint density at radius 1 is 0.979 bits per heavy atom. The number of azide groups is 1. The summed E-state index contributed by atoms with van der Waals surface area (Å²) < 4.78 is 40.1. The molecule has 246 valence electrons. The maximum atomic E-state index is 13.6. The van der Waals surface area contributed by atoms with Crippen LogP contribution in [0.15, 0.2) is 59.7 Å². The monoisotopic (exact) mass is 655 g/mol. The molecule has 4 atom stereocenters. The summed E-state index contributed by atoms with van der Waals surface area (Å²) in [6, 6.07) is 15.2. The van der Waals surface area contributed by atoms with Crippen LogP contribution in [0, 0.1) is 0 Å². The lowest BCUT2D eigenvalue weighted by Crippen LogP contribution is -2.51. The standard InChI is InChI=1S/C34H29N3O11/c1-42-24-10-19-20(11-25(24)43-2)28(21-13-45-34(41)29(21)27(19)16-7-8-23-26(9-16)47-15-46-23)31-32(30(39)22(38)14-44-31)48-33(40)18-6-4-3-5-17(18)12-36-37-35/h3-11,22,30-32,38-39H,12-15H2,1-2H3/t22-,30-,31-,32+/m0/s1. The van der Waals surface area contributed by atoms with E-state index in [4.69, 9.17) is 38.7 Å². The van der Waals surface area contributed by atoms with E-state index in [0.717, 1.165) is 0 Å². The van der Waals surface area contributed by atoms with E-state index in [-0.39, 0.29) is 37.7 Å². The van der Waals surface area contributed by atoms with Gasteiger partial charge in [-0.25, -0.2) is 9.59 Å². The van der Waals surface area contributed by atoms with Gasteiger partial charge in [0.05, 0.1) is 38.5 Å². The third-order valence-electron chi connectivity index (χ3n) is 8.72. The number of carbonyl (C=O) groups excluding carboxylic acids is 2. The summed E-state index contributed by atoms with van der Waals surface area (Å²) in [6.45, 7) is -0.486. The van der Waals surface area contributed by atoms with Gasteiger partial charge in [0.1, 0.15) is 24.9 Å². The number of aliphatic hydroxyl groups excluding tert-OH is 2. The van der Waals surface area contributed by atoms with Gasteiger partial charge >= 0.3 is 11.9 Å². The largest absolute Gasteiger partial charge is 0.493 e. The Bertz CT molecular complexity index is 2010. The van der Waals surface area contributed by atoms with E-state index < -0.39 is 36.4 Å². The maximum Gasteiger partial charge on any atom is 0.339 e. The van der Waals surface area contributed by atoms with Crippen molar-refractivity contribution in [3.05, 3.63) is 92.9 Å². The van der Waals surface area contributed by atoms with Crippen LogP contribution in [0.3, 0.4) is 0 Å². The van der Waals surface area contributed by atoms with Gasteiger partial charge in [-0.15, -0.1) is 0 Å². The molecule has 0 spiro atoms. The van der Waals surface area contributed by atoms with Gasteiger partial charge in [0.15, 0.2) is 29.1 Å². The van der Waals surface area contributed by atoms with Crippen LogP contribution in [-0.2, 0) is 27.4 Å². The van der Waals surface area contributed by atoms with Crippen LogP contribution in [0.4, 0.5) is 0 Å². The van der Waals surface area contributed by atoms with Gasteiger partial charge in [0.25, 0.3) is 0 Å². The normalized spacial score (nSPS) is 20.9. The lowest BCUT2D eigenvalue weighted by Gasteiger charge is -2.39. The minimum atomic E-state index is -1.57. The van der Waals surface area contributed by atoms with E-state index in [2.05, 4.69) is 10.0 Å². The number of hydrogen-bond donors (Lipinski definition) is 2. The van der Waals surface area contributed by atoms with E-state index in [1.807, 2.05) is 0 Å². The highest BCUT2D eigenvalue weighted by Crippen LogP contribution is 2.50. The van der Waals surface area contributed by atoms with Gasteiger partial charge in [-0.1, -0.05) is 29.4 Å².